The van der Waals surface area contributed by atoms with Crippen molar-refractivity contribution in [3.8, 4) is 0 Å². The molecule has 1 aliphatic heterocycles. The maximum Gasteiger partial charge on any atom is 0.254 e. The van der Waals surface area contributed by atoms with Crippen LogP contribution >= 0.6 is 23.8 Å². The predicted octanol–water partition coefficient (Wildman–Crippen LogP) is 3.11. The summed E-state index contributed by atoms with van der Waals surface area (Å²) < 4.78 is 0. The zero-order valence-electron chi connectivity index (χ0n) is 16.6. The van der Waals surface area contributed by atoms with E-state index in [1.54, 1.807) is 24.3 Å². The van der Waals surface area contributed by atoms with E-state index >= 15 is 0 Å². The van der Waals surface area contributed by atoms with Crippen LogP contribution in [-0.4, -0.2) is 38.8 Å². The van der Waals surface area contributed by atoms with Crippen LogP contribution in [0.25, 0.3) is 0 Å². The summed E-state index contributed by atoms with van der Waals surface area (Å²) in [5.74, 6) is -0.958. The number of hydrazine groups is 1. The SMILES string of the molecule is O=C(CC1C(=O)N(Cc2ccccc2)C(=S)N1NC(=O)C1CC1)Nc1cccc(Cl)c1. The number of rotatable bonds is 7. The number of nitrogens with zero attached hydrogens (tertiary/aromatic N) is 2. The van der Waals surface area contributed by atoms with Crippen LogP contribution in [0.3, 0.4) is 0 Å². The summed E-state index contributed by atoms with van der Waals surface area (Å²) in [6.45, 7) is 0.265. The molecule has 3 amide bonds. The largest absolute Gasteiger partial charge is 0.326 e. The molecule has 1 saturated heterocycles. The van der Waals surface area contributed by atoms with Gasteiger partial charge in [0.25, 0.3) is 5.91 Å². The van der Waals surface area contributed by atoms with Gasteiger partial charge in [-0.2, -0.15) is 0 Å². The number of carbonyl (C=O) groups is 3. The highest BCUT2D eigenvalue weighted by Gasteiger charge is 2.45. The number of hydrogen-bond acceptors (Lipinski definition) is 4. The number of hydrogen-bond donors (Lipinski definition) is 2. The zero-order chi connectivity index (χ0) is 22.0. The lowest BCUT2D eigenvalue weighted by molar-refractivity contribution is -0.133. The number of nitrogens with one attached hydrogen (secondary N) is 2. The summed E-state index contributed by atoms with van der Waals surface area (Å²) >= 11 is 11.5. The van der Waals surface area contributed by atoms with E-state index in [0.717, 1.165) is 18.4 Å². The van der Waals surface area contributed by atoms with Crippen molar-refractivity contribution in [1.29, 1.82) is 0 Å². The van der Waals surface area contributed by atoms with Gasteiger partial charge in [0.15, 0.2) is 5.11 Å². The van der Waals surface area contributed by atoms with Gasteiger partial charge < -0.3 is 5.32 Å². The molecule has 1 heterocycles. The second-order valence-corrected chi connectivity index (χ2v) is 8.39. The lowest BCUT2D eigenvalue weighted by atomic mass is 10.1. The molecule has 2 fully saturated rings. The van der Waals surface area contributed by atoms with Crippen molar-refractivity contribution in [2.24, 2.45) is 5.92 Å². The Hall–Kier alpha value is -2.97. The van der Waals surface area contributed by atoms with Crippen LogP contribution in [0.2, 0.25) is 5.02 Å². The van der Waals surface area contributed by atoms with E-state index < -0.39 is 6.04 Å². The molecule has 1 aliphatic carbocycles. The van der Waals surface area contributed by atoms with Crippen LogP contribution in [-0.2, 0) is 20.9 Å². The number of halogens is 1. The van der Waals surface area contributed by atoms with Crippen molar-refractivity contribution >= 4 is 52.3 Å². The third-order valence-corrected chi connectivity index (χ3v) is 5.80. The van der Waals surface area contributed by atoms with Crippen LogP contribution < -0.4 is 10.7 Å². The molecule has 2 aromatic carbocycles. The molecule has 160 valence electrons. The molecular weight excluding hydrogens is 436 g/mol. The first-order valence-corrected chi connectivity index (χ1v) is 10.8. The monoisotopic (exact) mass is 456 g/mol. The van der Waals surface area contributed by atoms with Crippen molar-refractivity contribution in [3.05, 3.63) is 65.2 Å². The standard InChI is InChI=1S/C22H21ClN4O3S/c23-16-7-4-8-17(11-16)24-19(28)12-18-21(30)26(13-14-5-2-1-3-6-14)22(31)27(18)25-20(29)15-9-10-15/h1-8,11,15,18H,9-10,12-13H2,(H,24,28)(H,25,29). The lowest BCUT2D eigenvalue weighted by Crippen LogP contribution is -2.50. The Kier molecular flexibility index (Phi) is 6.20. The summed E-state index contributed by atoms with van der Waals surface area (Å²) in [7, 11) is 0. The number of anilines is 1. The molecule has 2 aromatic rings. The third-order valence-electron chi connectivity index (χ3n) is 5.15. The minimum absolute atomic E-state index is 0.0676. The summed E-state index contributed by atoms with van der Waals surface area (Å²) in [6, 6.07) is 15.3. The van der Waals surface area contributed by atoms with E-state index in [0.29, 0.717) is 10.7 Å². The Morgan fingerprint density at radius 3 is 2.52 bits per heavy atom. The smallest absolute Gasteiger partial charge is 0.254 e. The Balaban J connectivity index is 1.51. The zero-order valence-corrected chi connectivity index (χ0v) is 18.2. The Morgan fingerprint density at radius 2 is 1.84 bits per heavy atom. The molecule has 7 nitrogen and oxygen atoms in total. The Bertz CT molecular complexity index is 1030. The van der Waals surface area contributed by atoms with E-state index in [-0.39, 0.29) is 41.7 Å². The van der Waals surface area contributed by atoms with E-state index in [2.05, 4.69) is 10.7 Å². The number of benzene rings is 2. The molecule has 4 rings (SSSR count). The van der Waals surface area contributed by atoms with Gasteiger partial charge in [0, 0.05) is 16.6 Å². The maximum absolute atomic E-state index is 13.2. The van der Waals surface area contributed by atoms with Gasteiger partial charge in [-0.25, -0.2) is 5.01 Å². The summed E-state index contributed by atoms with van der Waals surface area (Å²) in [5, 5.41) is 4.77. The molecule has 2 N–H and O–H groups in total. The maximum atomic E-state index is 13.2. The lowest BCUT2D eigenvalue weighted by Gasteiger charge is -2.24. The van der Waals surface area contributed by atoms with E-state index in [9.17, 15) is 14.4 Å². The fourth-order valence-corrected chi connectivity index (χ4v) is 3.89. The normalized spacial score (nSPS) is 18.3. The number of carbonyl (C=O) groups excluding carboxylic acids is 3. The highest BCUT2D eigenvalue weighted by molar-refractivity contribution is 7.80. The van der Waals surface area contributed by atoms with Crippen molar-refractivity contribution in [2.45, 2.75) is 31.8 Å². The summed E-state index contributed by atoms with van der Waals surface area (Å²) in [5.41, 5.74) is 4.18. The fourth-order valence-electron chi connectivity index (χ4n) is 3.37. The van der Waals surface area contributed by atoms with Crippen molar-refractivity contribution in [3.63, 3.8) is 0 Å². The molecule has 1 unspecified atom stereocenters. The highest BCUT2D eigenvalue weighted by Crippen LogP contribution is 2.30. The predicted molar refractivity (Wildman–Crippen MR) is 121 cm³/mol. The average molecular weight is 457 g/mol. The third kappa shape index (κ3) is 5.03. The molecule has 2 aliphatic rings. The quantitative estimate of drug-likeness (QED) is 0.626. The minimum atomic E-state index is -0.918. The van der Waals surface area contributed by atoms with Crippen molar-refractivity contribution in [1.82, 2.24) is 15.3 Å². The molecule has 9 heteroatoms. The first-order valence-electron chi connectivity index (χ1n) is 9.97. The van der Waals surface area contributed by atoms with Gasteiger partial charge in [0.1, 0.15) is 6.04 Å². The van der Waals surface area contributed by atoms with Gasteiger partial charge in [-0.15, -0.1) is 0 Å². The Morgan fingerprint density at radius 1 is 1.10 bits per heavy atom. The second kappa shape index (κ2) is 9.03. The molecular formula is C22H21ClN4O3S. The van der Waals surface area contributed by atoms with Crippen LogP contribution in [0, 0.1) is 5.92 Å². The van der Waals surface area contributed by atoms with E-state index in [1.165, 1.54) is 9.91 Å². The molecule has 0 aromatic heterocycles. The molecule has 0 spiro atoms. The van der Waals surface area contributed by atoms with Crippen LogP contribution in [0.5, 0.6) is 0 Å². The summed E-state index contributed by atoms with van der Waals surface area (Å²) in [4.78, 5) is 39.7. The summed E-state index contributed by atoms with van der Waals surface area (Å²) in [6.07, 6.45) is 1.46. The molecule has 31 heavy (non-hydrogen) atoms. The molecule has 1 saturated carbocycles. The van der Waals surface area contributed by atoms with E-state index in [1.807, 2.05) is 30.3 Å². The van der Waals surface area contributed by atoms with E-state index in [4.69, 9.17) is 23.8 Å². The number of thiocarbonyl (C=S) groups is 1. The van der Waals surface area contributed by atoms with Crippen LogP contribution in [0.4, 0.5) is 5.69 Å². The minimum Gasteiger partial charge on any atom is -0.326 e. The van der Waals surface area contributed by atoms with Gasteiger partial charge in [-0.05, 0) is 48.8 Å². The first kappa shape index (κ1) is 21.3. The van der Waals surface area contributed by atoms with Crippen LogP contribution in [0.1, 0.15) is 24.8 Å². The highest BCUT2D eigenvalue weighted by atomic mass is 35.5. The molecule has 0 bridgehead atoms. The van der Waals surface area contributed by atoms with Crippen molar-refractivity contribution in [2.75, 3.05) is 5.32 Å². The number of amides is 3. The van der Waals surface area contributed by atoms with Gasteiger partial charge in [-0.1, -0.05) is 48.0 Å². The molecule has 1 atom stereocenters. The van der Waals surface area contributed by atoms with Gasteiger partial charge in [0.05, 0.1) is 13.0 Å². The Labute approximate surface area is 190 Å². The first-order chi connectivity index (χ1) is 14.9. The topological polar surface area (TPSA) is 81.8 Å². The second-order valence-electron chi connectivity index (χ2n) is 7.59. The fraction of sp³-hybridized carbons (Fsp3) is 0.273. The van der Waals surface area contributed by atoms with Gasteiger partial charge in [0.2, 0.25) is 11.8 Å². The average Bonchev–Trinajstić information content (AvgIpc) is 3.57. The molecule has 0 radical (unpaired) electrons. The van der Waals surface area contributed by atoms with Gasteiger partial charge in [-0.3, -0.25) is 24.7 Å². The van der Waals surface area contributed by atoms with Crippen LogP contribution in [0.15, 0.2) is 54.6 Å². The van der Waals surface area contributed by atoms with Crippen molar-refractivity contribution < 1.29 is 14.4 Å². The van der Waals surface area contributed by atoms with Gasteiger partial charge >= 0.3 is 0 Å².